The molecule has 0 aromatic heterocycles. The SMILES string of the molecule is Cc1cccc(N(CCl)C(=O)C(C)Cl)c1. The smallest absolute Gasteiger partial charge is 0.245 e. The third-order valence-electron chi connectivity index (χ3n) is 2.04. The second kappa shape index (κ2) is 5.38. The molecule has 1 atom stereocenters. The van der Waals surface area contributed by atoms with Crippen LogP contribution in [0.1, 0.15) is 12.5 Å². The Balaban J connectivity index is 2.97. The Labute approximate surface area is 99.8 Å². The van der Waals surface area contributed by atoms with Crippen LogP contribution in [0.2, 0.25) is 0 Å². The Hall–Kier alpha value is -0.730. The minimum atomic E-state index is -0.565. The molecule has 0 radical (unpaired) electrons. The molecule has 1 amide bonds. The molecule has 1 aromatic carbocycles. The van der Waals surface area contributed by atoms with Gasteiger partial charge in [-0.3, -0.25) is 9.69 Å². The van der Waals surface area contributed by atoms with Crippen LogP contribution >= 0.6 is 23.2 Å². The molecule has 15 heavy (non-hydrogen) atoms. The lowest BCUT2D eigenvalue weighted by atomic mass is 10.2. The summed E-state index contributed by atoms with van der Waals surface area (Å²) in [5.74, 6) is -0.183. The predicted octanol–water partition coefficient (Wildman–Crippen LogP) is 3.15. The van der Waals surface area contributed by atoms with E-state index in [0.717, 1.165) is 11.3 Å². The highest BCUT2D eigenvalue weighted by Crippen LogP contribution is 2.18. The van der Waals surface area contributed by atoms with Crippen molar-refractivity contribution in [1.29, 1.82) is 0 Å². The predicted molar refractivity (Wildman–Crippen MR) is 64.7 cm³/mol. The Bertz CT molecular complexity index is 352. The first-order valence-electron chi connectivity index (χ1n) is 4.64. The zero-order valence-corrected chi connectivity index (χ0v) is 10.2. The molecule has 0 aliphatic carbocycles. The fourth-order valence-electron chi connectivity index (χ4n) is 1.27. The summed E-state index contributed by atoms with van der Waals surface area (Å²) in [6.45, 7) is 3.60. The maximum atomic E-state index is 11.7. The number of anilines is 1. The number of aryl methyl sites for hydroxylation is 1. The van der Waals surface area contributed by atoms with Crippen molar-refractivity contribution in [3.05, 3.63) is 29.8 Å². The summed E-state index contributed by atoms with van der Waals surface area (Å²) in [6.07, 6.45) is 0. The van der Waals surface area contributed by atoms with E-state index in [0.29, 0.717) is 0 Å². The van der Waals surface area contributed by atoms with E-state index in [1.165, 1.54) is 4.90 Å². The van der Waals surface area contributed by atoms with E-state index in [4.69, 9.17) is 23.2 Å². The van der Waals surface area contributed by atoms with E-state index >= 15 is 0 Å². The maximum Gasteiger partial charge on any atom is 0.245 e. The van der Waals surface area contributed by atoms with Crippen LogP contribution in [0.4, 0.5) is 5.69 Å². The summed E-state index contributed by atoms with van der Waals surface area (Å²) in [4.78, 5) is 13.2. The molecule has 0 heterocycles. The lowest BCUT2D eigenvalue weighted by Crippen LogP contribution is -2.34. The van der Waals surface area contributed by atoms with Gasteiger partial charge in [-0.1, -0.05) is 12.1 Å². The maximum absolute atomic E-state index is 11.7. The van der Waals surface area contributed by atoms with Gasteiger partial charge in [0.2, 0.25) is 5.91 Å². The van der Waals surface area contributed by atoms with Crippen molar-refractivity contribution in [2.24, 2.45) is 0 Å². The largest absolute Gasteiger partial charge is 0.297 e. The fourth-order valence-corrected chi connectivity index (χ4v) is 1.64. The number of amides is 1. The zero-order chi connectivity index (χ0) is 11.4. The standard InChI is InChI=1S/C11H13Cl2NO/c1-8-4-3-5-10(6-8)14(7-12)11(15)9(2)13/h3-6,9H,7H2,1-2H3. The van der Waals surface area contributed by atoms with E-state index in [-0.39, 0.29) is 11.9 Å². The van der Waals surface area contributed by atoms with Crippen LogP contribution < -0.4 is 4.90 Å². The van der Waals surface area contributed by atoms with Crippen LogP contribution in [0.15, 0.2) is 24.3 Å². The average molecular weight is 246 g/mol. The number of alkyl halides is 2. The third-order valence-corrected chi connectivity index (χ3v) is 2.46. The van der Waals surface area contributed by atoms with Crippen molar-refractivity contribution >= 4 is 34.8 Å². The van der Waals surface area contributed by atoms with Gasteiger partial charge in [-0.15, -0.1) is 23.2 Å². The van der Waals surface area contributed by atoms with E-state index < -0.39 is 5.38 Å². The number of rotatable bonds is 3. The molecule has 0 spiro atoms. The van der Waals surface area contributed by atoms with Gasteiger partial charge in [0.1, 0.15) is 11.4 Å². The Kier molecular flexibility index (Phi) is 4.43. The molecule has 2 nitrogen and oxygen atoms in total. The molecule has 1 rings (SSSR count). The number of hydrogen-bond acceptors (Lipinski definition) is 1. The third kappa shape index (κ3) is 3.11. The molecule has 0 bridgehead atoms. The molecular weight excluding hydrogens is 233 g/mol. The fraction of sp³-hybridized carbons (Fsp3) is 0.364. The van der Waals surface area contributed by atoms with Crippen molar-refractivity contribution in [2.45, 2.75) is 19.2 Å². The first kappa shape index (κ1) is 12.3. The van der Waals surface area contributed by atoms with Crippen molar-refractivity contribution in [3.63, 3.8) is 0 Å². The Morgan fingerprint density at radius 3 is 2.67 bits per heavy atom. The highest BCUT2D eigenvalue weighted by atomic mass is 35.5. The summed E-state index contributed by atoms with van der Waals surface area (Å²) >= 11 is 11.5. The van der Waals surface area contributed by atoms with Gasteiger partial charge < -0.3 is 0 Å². The molecule has 0 N–H and O–H groups in total. The summed E-state index contributed by atoms with van der Waals surface area (Å²) in [7, 11) is 0. The molecule has 4 heteroatoms. The first-order valence-corrected chi connectivity index (χ1v) is 5.61. The number of carbonyl (C=O) groups excluding carboxylic acids is 1. The van der Waals surface area contributed by atoms with Gasteiger partial charge in [0.25, 0.3) is 0 Å². The van der Waals surface area contributed by atoms with Gasteiger partial charge >= 0.3 is 0 Å². The monoisotopic (exact) mass is 245 g/mol. The van der Waals surface area contributed by atoms with E-state index in [9.17, 15) is 4.79 Å². The summed E-state index contributed by atoms with van der Waals surface area (Å²) in [5, 5.41) is -0.565. The van der Waals surface area contributed by atoms with Gasteiger partial charge in [-0.25, -0.2) is 0 Å². The highest BCUT2D eigenvalue weighted by Gasteiger charge is 2.19. The van der Waals surface area contributed by atoms with E-state index in [1.807, 2.05) is 31.2 Å². The normalized spacial score (nSPS) is 12.3. The summed E-state index contributed by atoms with van der Waals surface area (Å²) in [5.41, 5.74) is 1.86. The number of carbonyl (C=O) groups is 1. The summed E-state index contributed by atoms with van der Waals surface area (Å²) in [6, 6.07) is 7.70. The van der Waals surface area contributed by atoms with Crippen LogP contribution in [0, 0.1) is 6.92 Å². The van der Waals surface area contributed by atoms with Crippen LogP contribution in [-0.2, 0) is 4.79 Å². The van der Waals surface area contributed by atoms with Crippen LogP contribution in [-0.4, -0.2) is 17.3 Å². The topological polar surface area (TPSA) is 20.3 Å². The van der Waals surface area contributed by atoms with Crippen LogP contribution in [0.5, 0.6) is 0 Å². The molecule has 0 fully saturated rings. The molecule has 0 saturated heterocycles. The second-order valence-electron chi connectivity index (χ2n) is 3.34. The number of nitrogens with zero attached hydrogens (tertiary/aromatic N) is 1. The second-order valence-corrected chi connectivity index (χ2v) is 4.23. The minimum absolute atomic E-state index is 0.110. The van der Waals surface area contributed by atoms with E-state index in [1.54, 1.807) is 6.92 Å². The van der Waals surface area contributed by atoms with Gasteiger partial charge in [0.05, 0.1) is 0 Å². The number of hydrogen-bond donors (Lipinski definition) is 0. The molecular formula is C11H13Cl2NO. The van der Waals surface area contributed by atoms with Crippen molar-refractivity contribution in [1.82, 2.24) is 0 Å². The zero-order valence-electron chi connectivity index (χ0n) is 8.71. The Morgan fingerprint density at radius 2 is 2.20 bits per heavy atom. The molecule has 1 aromatic rings. The lowest BCUT2D eigenvalue weighted by Gasteiger charge is -2.21. The molecule has 0 saturated carbocycles. The quantitative estimate of drug-likeness (QED) is 0.592. The highest BCUT2D eigenvalue weighted by molar-refractivity contribution is 6.33. The van der Waals surface area contributed by atoms with Crippen LogP contribution in [0.25, 0.3) is 0 Å². The van der Waals surface area contributed by atoms with Gasteiger partial charge in [0, 0.05) is 5.69 Å². The van der Waals surface area contributed by atoms with Gasteiger partial charge in [-0.05, 0) is 31.5 Å². The molecule has 0 aliphatic rings. The minimum Gasteiger partial charge on any atom is -0.297 e. The number of benzene rings is 1. The average Bonchev–Trinajstić information content (AvgIpc) is 2.18. The van der Waals surface area contributed by atoms with Crippen molar-refractivity contribution < 1.29 is 4.79 Å². The summed E-state index contributed by atoms with van der Waals surface area (Å²) < 4.78 is 0. The van der Waals surface area contributed by atoms with Crippen molar-refractivity contribution in [2.75, 3.05) is 10.9 Å². The molecule has 1 unspecified atom stereocenters. The van der Waals surface area contributed by atoms with Gasteiger partial charge in [-0.2, -0.15) is 0 Å². The molecule has 0 aliphatic heterocycles. The van der Waals surface area contributed by atoms with E-state index in [2.05, 4.69) is 0 Å². The first-order chi connectivity index (χ1) is 7.06. The van der Waals surface area contributed by atoms with Crippen molar-refractivity contribution in [3.8, 4) is 0 Å². The number of halogens is 2. The van der Waals surface area contributed by atoms with Gasteiger partial charge in [0.15, 0.2) is 0 Å². The lowest BCUT2D eigenvalue weighted by molar-refractivity contribution is -0.117. The molecule has 82 valence electrons. The Morgan fingerprint density at radius 1 is 1.53 bits per heavy atom. The van der Waals surface area contributed by atoms with Crippen LogP contribution in [0.3, 0.4) is 0 Å².